The van der Waals surface area contributed by atoms with Gasteiger partial charge in [-0.25, -0.2) is 0 Å². The molecule has 0 aromatic carbocycles. The molecule has 0 bridgehead atoms. The van der Waals surface area contributed by atoms with Gasteiger partial charge in [-0.05, 0) is 56.9 Å². The smallest absolute Gasteiger partial charge is 0.310 e. The molecule has 2 heterocycles. The molecule has 0 saturated carbocycles. The van der Waals surface area contributed by atoms with Crippen molar-refractivity contribution < 1.29 is 14.3 Å². The average molecular weight is 316 g/mol. The highest BCUT2D eigenvalue weighted by molar-refractivity contribution is 6.00. The number of rotatable bonds is 5. The molecule has 1 aliphatic rings. The van der Waals surface area contributed by atoms with E-state index < -0.39 is 0 Å². The number of esters is 1. The second-order valence-corrected chi connectivity index (χ2v) is 5.72. The zero-order valence-corrected chi connectivity index (χ0v) is 14.4. The Morgan fingerprint density at radius 3 is 2.52 bits per heavy atom. The molecule has 2 N–H and O–H groups in total. The fraction of sp³-hybridized carbons (Fsp3) is 0.444. The molecule has 0 spiro atoms. The van der Waals surface area contributed by atoms with Crippen LogP contribution in [0.3, 0.4) is 0 Å². The summed E-state index contributed by atoms with van der Waals surface area (Å²) in [7, 11) is 0. The quantitative estimate of drug-likeness (QED) is 0.821. The van der Waals surface area contributed by atoms with Gasteiger partial charge in [-0.15, -0.1) is 0 Å². The monoisotopic (exact) mass is 316 g/mol. The van der Waals surface area contributed by atoms with E-state index in [-0.39, 0.29) is 18.3 Å². The third kappa shape index (κ3) is 3.38. The molecule has 1 aromatic heterocycles. The molecule has 5 heteroatoms. The van der Waals surface area contributed by atoms with Crippen LogP contribution < -0.4 is 5.32 Å². The van der Waals surface area contributed by atoms with Crippen LogP contribution in [0, 0.1) is 13.8 Å². The van der Waals surface area contributed by atoms with Gasteiger partial charge in [-0.1, -0.05) is 6.92 Å². The fourth-order valence-electron chi connectivity index (χ4n) is 2.93. The van der Waals surface area contributed by atoms with Crippen molar-refractivity contribution in [3.05, 3.63) is 39.4 Å². The minimum Gasteiger partial charge on any atom is -0.466 e. The number of amides is 1. The molecule has 0 saturated heterocycles. The summed E-state index contributed by atoms with van der Waals surface area (Å²) in [6, 6.07) is 0. The van der Waals surface area contributed by atoms with Gasteiger partial charge in [0.15, 0.2) is 0 Å². The van der Waals surface area contributed by atoms with Gasteiger partial charge < -0.3 is 15.0 Å². The van der Waals surface area contributed by atoms with E-state index in [4.69, 9.17) is 4.74 Å². The molecule has 0 atom stereocenters. The highest BCUT2D eigenvalue weighted by Gasteiger charge is 2.23. The van der Waals surface area contributed by atoms with Gasteiger partial charge in [-0.2, -0.15) is 0 Å². The van der Waals surface area contributed by atoms with Crippen molar-refractivity contribution in [2.75, 3.05) is 6.61 Å². The SMILES string of the molecule is CCOC(=O)Cc1c(C)[nH]c(/C=C2\NC(=O)C(C)=C2CC)c1C. The number of aromatic amines is 1. The molecular formula is C18H24N2O3. The van der Waals surface area contributed by atoms with Crippen LogP contribution in [0.2, 0.25) is 0 Å². The highest BCUT2D eigenvalue weighted by Crippen LogP contribution is 2.27. The maximum atomic E-state index is 11.8. The minimum absolute atomic E-state index is 0.0409. The van der Waals surface area contributed by atoms with Crippen LogP contribution in [-0.2, 0) is 20.7 Å². The third-order valence-corrected chi connectivity index (χ3v) is 4.27. The highest BCUT2D eigenvalue weighted by atomic mass is 16.5. The number of aromatic nitrogens is 1. The Balaban J connectivity index is 2.34. The molecule has 1 aliphatic heterocycles. The zero-order chi connectivity index (χ0) is 17.1. The summed E-state index contributed by atoms with van der Waals surface area (Å²) in [5, 5.41) is 2.91. The van der Waals surface area contributed by atoms with Crippen LogP contribution in [0.5, 0.6) is 0 Å². The molecule has 124 valence electrons. The number of ether oxygens (including phenoxy) is 1. The molecule has 2 rings (SSSR count). The number of H-pyrrole nitrogens is 1. The average Bonchev–Trinajstić information content (AvgIpc) is 2.91. The maximum absolute atomic E-state index is 11.8. The van der Waals surface area contributed by atoms with Gasteiger partial charge in [0, 0.05) is 22.7 Å². The van der Waals surface area contributed by atoms with Crippen LogP contribution in [0.1, 0.15) is 49.7 Å². The Morgan fingerprint density at radius 1 is 1.22 bits per heavy atom. The number of carbonyl (C=O) groups excluding carboxylic acids is 2. The van der Waals surface area contributed by atoms with Crippen LogP contribution >= 0.6 is 0 Å². The molecule has 0 radical (unpaired) electrons. The van der Waals surface area contributed by atoms with Crippen molar-refractivity contribution >= 4 is 18.0 Å². The Morgan fingerprint density at radius 2 is 1.91 bits per heavy atom. The standard InChI is InChI=1S/C18H24N2O3/c1-6-13-11(4)18(22)20-16(13)9-15-10(3)14(12(5)19-15)8-17(21)23-7-2/h9,19H,6-8H2,1-5H3,(H,20,22)/b16-9-. The predicted octanol–water partition coefficient (Wildman–Crippen LogP) is 2.93. The van der Waals surface area contributed by atoms with E-state index in [0.717, 1.165) is 45.8 Å². The number of carbonyl (C=O) groups is 2. The summed E-state index contributed by atoms with van der Waals surface area (Å²) >= 11 is 0. The van der Waals surface area contributed by atoms with Crippen LogP contribution in [0.4, 0.5) is 0 Å². The molecule has 0 unspecified atom stereocenters. The first-order valence-corrected chi connectivity index (χ1v) is 7.95. The largest absolute Gasteiger partial charge is 0.466 e. The summed E-state index contributed by atoms with van der Waals surface area (Å²) in [6.07, 6.45) is 3.00. The van der Waals surface area contributed by atoms with Gasteiger partial charge in [0.1, 0.15) is 0 Å². The summed E-state index contributed by atoms with van der Waals surface area (Å²) in [6.45, 7) is 9.98. The van der Waals surface area contributed by atoms with E-state index in [9.17, 15) is 9.59 Å². The number of hydrogen-bond acceptors (Lipinski definition) is 3. The molecule has 0 aliphatic carbocycles. The molecule has 1 aromatic rings. The molecule has 23 heavy (non-hydrogen) atoms. The van der Waals surface area contributed by atoms with Crippen LogP contribution in [0.15, 0.2) is 16.8 Å². The van der Waals surface area contributed by atoms with Gasteiger partial charge in [-0.3, -0.25) is 9.59 Å². The van der Waals surface area contributed by atoms with E-state index in [1.54, 1.807) is 6.92 Å². The Bertz CT molecular complexity index is 708. The second-order valence-electron chi connectivity index (χ2n) is 5.72. The maximum Gasteiger partial charge on any atom is 0.310 e. The zero-order valence-electron chi connectivity index (χ0n) is 14.4. The topological polar surface area (TPSA) is 71.2 Å². The summed E-state index contributed by atoms with van der Waals surface area (Å²) < 4.78 is 5.03. The van der Waals surface area contributed by atoms with Crippen molar-refractivity contribution in [3.8, 4) is 0 Å². The second kappa shape index (κ2) is 6.86. The molecule has 0 fully saturated rings. The van der Waals surface area contributed by atoms with E-state index in [0.29, 0.717) is 6.61 Å². The van der Waals surface area contributed by atoms with Gasteiger partial charge in [0.05, 0.1) is 13.0 Å². The van der Waals surface area contributed by atoms with Crippen molar-refractivity contribution in [2.24, 2.45) is 0 Å². The fourth-order valence-corrected chi connectivity index (χ4v) is 2.93. The predicted molar refractivity (Wildman–Crippen MR) is 89.7 cm³/mol. The molecule has 1 amide bonds. The Labute approximate surface area is 136 Å². The lowest BCUT2D eigenvalue weighted by Gasteiger charge is -2.04. The van der Waals surface area contributed by atoms with Crippen molar-refractivity contribution in [1.29, 1.82) is 0 Å². The van der Waals surface area contributed by atoms with E-state index in [2.05, 4.69) is 10.3 Å². The first-order valence-electron chi connectivity index (χ1n) is 7.95. The first kappa shape index (κ1) is 17.1. The minimum atomic E-state index is -0.226. The van der Waals surface area contributed by atoms with Gasteiger partial charge in [0.25, 0.3) is 5.91 Å². The van der Waals surface area contributed by atoms with E-state index >= 15 is 0 Å². The Kier molecular flexibility index (Phi) is 5.08. The summed E-state index contributed by atoms with van der Waals surface area (Å²) in [5.41, 5.74) is 6.47. The number of aryl methyl sites for hydroxylation is 1. The third-order valence-electron chi connectivity index (χ3n) is 4.27. The van der Waals surface area contributed by atoms with E-state index in [1.807, 2.05) is 33.8 Å². The lowest BCUT2D eigenvalue weighted by atomic mass is 10.0. The van der Waals surface area contributed by atoms with Gasteiger partial charge >= 0.3 is 5.97 Å². The summed E-state index contributed by atoms with van der Waals surface area (Å²) in [4.78, 5) is 26.9. The van der Waals surface area contributed by atoms with Crippen LogP contribution in [-0.4, -0.2) is 23.5 Å². The lowest BCUT2D eigenvalue weighted by molar-refractivity contribution is -0.142. The lowest BCUT2D eigenvalue weighted by Crippen LogP contribution is -2.15. The summed E-state index contributed by atoms with van der Waals surface area (Å²) in [5.74, 6) is -0.267. The van der Waals surface area contributed by atoms with E-state index in [1.165, 1.54) is 0 Å². The van der Waals surface area contributed by atoms with Gasteiger partial charge in [0.2, 0.25) is 0 Å². The molecule has 5 nitrogen and oxygen atoms in total. The Hall–Kier alpha value is -2.30. The number of hydrogen-bond donors (Lipinski definition) is 2. The number of nitrogens with one attached hydrogen (secondary N) is 2. The van der Waals surface area contributed by atoms with Crippen LogP contribution in [0.25, 0.3) is 6.08 Å². The first-order chi connectivity index (χ1) is 10.9. The number of allylic oxidation sites excluding steroid dienone is 1. The van der Waals surface area contributed by atoms with Crippen molar-refractivity contribution in [2.45, 2.75) is 47.5 Å². The van der Waals surface area contributed by atoms with Crippen molar-refractivity contribution in [1.82, 2.24) is 10.3 Å². The molecular weight excluding hydrogens is 292 g/mol. The normalized spacial score (nSPS) is 16.2. The van der Waals surface area contributed by atoms with Crippen molar-refractivity contribution in [3.63, 3.8) is 0 Å².